The van der Waals surface area contributed by atoms with Gasteiger partial charge >= 0.3 is 7.12 Å². The molecule has 0 aliphatic carbocycles. The van der Waals surface area contributed by atoms with Gasteiger partial charge in [0.15, 0.2) is 0 Å². The molecule has 6 nitrogen and oxygen atoms in total. The van der Waals surface area contributed by atoms with Crippen molar-refractivity contribution in [3.8, 4) is 0 Å². The predicted molar refractivity (Wildman–Crippen MR) is 123 cm³/mol. The topological polar surface area (TPSA) is 64.8 Å². The highest BCUT2D eigenvalue weighted by Gasteiger charge is 2.51. The van der Waals surface area contributed by atoms with E-state index in [4.69, 9.17) is 9.31 Å². The lowest BCUT2D eigenvalue weighted by Gasteiger charge is -2.32. The van der Waals surface area contributed by atoms with Crippen LogP contribution in [-0.4, -0.2) is 23.2 Å². The summed E-state index contributed by atoms with van der Waals surface area (Å²) in [6.45, 7) is 8.14. The minimum atomic E-state index is -0.427. The van der Waals surface area contributed by atoms with Crippen molar-refractivity contribution in [2.45, 2.75) is 38.9 Å². The summed E-state index contributed by atoms with van der Waals surface area (Å²) in [4.78, 5) is 12.7. The molecular weight excluding hydrogens is 391 g/mol. The molecule has 1 fully saturated rings. The number of non-ortho nitro benzene ring substituents is 1. The Morgan fingerprint density at radius 1 is 0.742 bits per heavy atom. The summed E-state index contributed by atoms with van der Waals surface area (Å²) in [6.07, 6.45) is 0. The molecule has 3 aromatic carbocycles. The van der Waals surface area contributed by atoms with Crippen molar-refractivity contribution in [1.29, 1.82) is 0 Å². The summed E-state index contributed by atoms with van der Waals surface area (Å²) in [5.74, 6) is 0. The molecule has 31 heavy (non-hydrogen) atoms. The Labute approximate surface area is 182 Å². The minimum Gasteiger partial charge on any atom is -0.399 e. The summed E-state index contributed by atoms with van der Waals surface area (Å²) >= 11 is 0. The molecule has 3 aromatic rings. The van der Waals surface area contributed by atoms with E-state index in [9.17, 15) is 10.1 Å². The van der Waals surface area contributed by atoms with Crippen molar-refractivity contribution < 1.29 is 14.2 Å². The third-order valence-corrected chi connectivity index (χ3v) is 6.01. The summed E-state index contributed by atoms with van der Waals surface area (Å²) < 4.78 is 12.3. The van der Waals surface area contributed by atoms with Crippen LogP contribution in [0, 0.1) is 10.1 Å². The summed E-state index contributed by atoms with van der Waals surface area (Å²) in [6, 6.07) is 24.5. The number of benzene rings is 3. The molecule has 0 amide bonds. The van der Waals surface area contributed by atoms with Crippen LogP contribution in [0.1, 0.15) is 27.7 Å². The lowest BCUT2D eigenvalue weighted by Crippen LogP contribution is -2.41. The number of nitro benzene ring substituents is 1. The second kappa shape index (κ2) is 7.83. The van der Waals surface area contributed by atoms with Crippen molar-refractivity contribution >= 4 is 35.3 Å². The molecule has 0 N–H and O–H groups in total. The number of anilines is 3. The summed E-state index contributed by atoms with van der Waals surface area (Å²) in [5.41, 5.74) is 2.93. The molecule has 0 unspecified atom stereocenters. The molecule has 0 spiro atoms. The zero-order chi connectivity index (χ0) is 22.2. The van der Waals surface area contributed by atoms with E-state index < -0.39 is 23.2 Å². The summed E-state index contributed by atoms with van der Waals surface area (Å²) in [7, 11) is -0.427. The predicted octanol–water partition coefficient (Wildman–Crippen LogP) is 5.36. The maximum absolute atomic E-state index is 11.0. The number of para-hydroxylation sites is 1. The van der Waals surface area contributed by atoms with Crippen LogP contribution in [0.25, 0.3) is 0 Å². The van der Waals surface area contributed by atoms with Crippen LogP contribution in [0.2, 0.25) is 0 Å². The Hall–Kier alpha value is -3.16. The molecule has 0 atom stereocenters. The van der Waals surface area contributed by atoms with Crippen LogP contribution in [-0.2, 0) is 9.31 Å². The first-order chi connectivity index (χ1) is 14.7. The molecule has 0 saturated carbocycles. The van der Waals surface area contributed by atoms with Gasteiger partial charge in [0.1, 0.15) is 0 Å². The second-order valence-corrected chi connectivity index (χ2v) is 8.62. The van der Waals surface area contributed by atoms with E-state index in [0.29, 0.717) is 0 Å². The average molecular weight is 416 g/mol. The van der Waals surface area contributed by atoms with E-state index in [-0.39, 0.29) is 5.69 Å². The van der Waals surface area contributed by atoms with Gasteiger partial charge in [-0.1, -0.05) is 30.3 Å². The standard InChI is InChI=1S/C24H25BN2O4/c1-23(2)24(3,4)31-25(30-23)18-10-12-20(13-11-18)26(19-8-6-5-7-9-19)21-14-16-22(17-15-21)27(28)29/h5-17H,1-4H3. The minimum absolute atomic E-state index is 0.0628. The van der Waals surface area contributed by atoms with E-state index in [0.717, 1.165) is 22.5 Å². The quantitative estimate of drug-likeness (QED) is 0.318. The van der Waals surface area contributed by atoms with Crippen LogP contribution in [0.4, 0.5) is 22.7 Å². The van der Waals surface area contributed by atoms with Gasteiger partial charge in [-0.2, -0.15) is 0 Å². The Morgan fingerprint density at radius 3 is 1.68 bits per heavy atom. The van der Waals surface area contributed by atoms with Gasteiger partial charge in [-0.3, -0.25) is 10.1 Å². The van der Waals surface area contributed by atoms with Crippen molar-refractivity contribution in [3.63, 3.8) is 0 Å². The zero-order valence-corrected chi connectivity index (χ0v) is 18.1. The van der Waals surface area contributed by atoms with Gasteiger partial charge in [-0.05, 0) is 69.6 Å². The smallest absolute Gasteiger partial charge is 0.399 e. The van der Waals surface area contributed by atoms with Crippen LogP contribution < -0.4 is 10.4 Å². The van der Waals surface area contributed by atoms with Crippen molar-refractivity contribution in [2.24, 2.45) is 0 Å². The van der Waals surface area contributed by atoms with Crippen LogP contribution >= 0.6 is 0 Å². The van der Waals surface area contributed by atoms with Crippen LogP contribution in [0.15, 0.2) is 78.9 Å². The number of rotatable bonds is 5. The third-order valence-electron chi connectivity index (χ3n) is 6.01. The molecule has 1 heterocycles. The molecule has 0 aromatic heterocycles. The Bertz CT molecular complexity index is 1050. The van der Waals surface area contributed by atoms with Gasteiger partial charge in [-0.25, -0.2) is 0 Å². The van der Waals surface area contributed by atoms with E-state index in [2.05, 4.69) is 4.90 Å². The van der Waals surface area contributed by atoms with E-state index in [1.807, 2.05) is 82.3 Å². The van der Waals surface area contributed by atoms with E-state index >= 15 is 0 Å². The van der Waals surface area contributed by atoms with Gasteiger partial charge in [-0.15, -0.1) is 0 Å². The zero-order valence-electron chi connectivity index (χ0n) is 18.1. The number of nitro groups is 1. The molecule has 0 bridgehead atoms. The fraction of sp³-hybridized carbons (Fsp3) is 0.250. The largest absolute Gasteiger partial charge is 0.494 e. The molecule has 0 radical (unpaired) electrons. The van der Waals surface area contributed by atoms with Crippen molar-refractivity contribution in [2.75, 3.05) is 4.90 Å². The molecule has 7 heteroatoms. The van der Waals surface area contributed by atoms with E-state index in [1.165, 1.54) is 12.1 Å². The second-order valence-electron chi connectivity index (χ2n) is 8.62. The number of nitrogens with zero attached hydrogens (tertiary/aromatic N) is 2. The molecule has 158 valence electrons. The number of hydrogen-bond donors (Lipinski definition) is 0. The highest BCUT2D eigenvalue weighted by Crippen LogP contribution is 2.37. The highest BCUT2D eigenvalue weighted by molar-refractivity contribution is 6.62. The van der Waals surface area contributed by atoms with Gasteiger partial charge in [0, 0.05) is 29.2 Å². The number of hydrogen-bond acceptors (Lipinski definition) is 5. The van der Waals surface area contributed by atoms with Gasteiger partial charge in [0.25, 0.3) is 5.69 Å². The highest BCUT2D eigenvalue weighted by atomic mass is 16.7. The van der Waals surface area contributed by atoms with E-state index in [1.54, 1.807) is 12.1 Å². The lowest BCUT2D eigenvalue weighted by atomic mass is 9.79. The molecule has 1 saturated heterocycles. The molecule has 4 rings (SSSR count). The van der Waals surface area contributed by atoms with Crippen molar-refractivity contribution in [3.05, 3.63) is 89.0 Å². The Kier molecular flexibility index (Phi) is 5.33. The first-order valence-corrected chi connectivity index (χ1v) is 10.2. The van der Waals surface area contributed by atoms with Gasteiger partial charge in [0.2, 0.25) is 0 Å². The first kappa shape index (κ1) is 21.1. The summed E-state index contributed by atoms with van der Waals surface area (Å²) in [5, 5.41) is 11.0. The van der Waals surface area contributed by atoms with Gasteiger partial charge in [0.05, 0.1) is 16.1 Å². The molecule has 1 aliphatic rings. The van der Waals surface area contributed by atoms with Crippen molar-refractivity contribution in [1.82, 2.24) is 0 Å². The maximum Gasteiger partial charge on any atom is 0.494 e. The Morgan fingerprint density at radius 2 is 1.19 bits per heavy atom. The maximum atomic E-state index is 11.0. The normalized spacial score (nSPS) is 16.8. The monoisotopic (exact) mass is 416 g/mol. The van der Waals surface area contributed by atoms with Gasteiger partial charge < -0.3 is 14.2 Å². The first-order valence-electron chi connectivity index (χ1n) is 10.2. The molecular formula is C24H25BN2O4. The van der Waals surface area contributed by atoms with Crippen LogP contribution in [0.3, 0.4) is 0 Å². The fourth-order valence-electron chi connectivity index (χ4n) is 3.51. The Balaban J connectivity index is 1.67. The third kappa shape index (κ3) is 4.07. The lowest BCUT2D eigenvalue weighted by molar-refractivity contribution is -0.384. The van der Waals surface area contributed by atoms with Crippen LogP contribution in [0.5, 0.6) is 0 Å². The average Bonchev–Trinajstić information content (AvgIpc) is 2.97. The fourth-order valence-corrected chi connectivity index (χ4v) is 3.51. The molecule has 1 aliphatic heterocycles. The SMILES string of the molecule is CC1(C)OB(c2ccc(N(c3ccccc3)c3ccc([N+](=O)[O-])cc3)cc2)OC1(C)C.